The van der Waals surface area contributed by atoms with Crippen LogP contribution in [0.1, 0.15) is 22.3 Å². The first-order chi connectivity index (χ1) is 12.5. The molecule has 0 spiro atoms. The van der Waals surface area contributed by atoms with Crippen molar-refractivity contribution >= 4 is 38.7 Å². The molecule has 2 aliphatic carbocycles. The van der Waals surface area contributed by atoms with E-state index in [2.05, 4.69) is 25.2 Å². The maximum absolute atomic E-state index is 12.5. The van der Waals surface area contributed by atoms with Crippen LogP contribution in [0.3, 0.4) is 0 Å². The molecule has 0 nitrogen and oxygen atoms in total. The van der Waals surface area contributed by atoms with Crippen molar-refractivity contribution in [2.45, 2.75) is 25.9 Å². The Morgan fingerprint density at radius 3 is 1.58 bits per heavy atom. The molecule has 0 bridgehead atoms. The SMILES string of the molecule is C[SiH]C.Fc1[c-]cc2c(c1)CC=C2.Fc1[c-]cc2c(c1)CC=C2.[Cl][Zr+2][Cl]. The van der Waals surface area contributed by atoms with Gasteiger partial charge in [0.05, 0.1) is 0 Å². The van der Waals surface area contributed by atoms with Gasteiger partial charge in [0.1, 0.15) is 0 Å². The molecule has 1 radical (unpaired) electrons. The third kappa shape index (κ3) is 8.43. The number of hydrogen-bond acceptors (Lipinski definition) is 0. The first-order valence-corrected chi connectivity index (χ1v) is 16.6. The van der Waals surface area contributed by atoms with Gasteiger partial charge in [-0.2, -0.15) is 12.1 Å². The second kappa shape index (κ2) is 13.6. The molecule has 0 amide bonds. The zero-order chi connectivity index (χ0) is 19.4. The fourth-order valence-corrected chi connectivity index (χ4v) is 2.32. The van der Waals surface area contributed by atoms with Crippen LogP contribution in [0.15, 0.2) is 36.4 Å². The van der Waals surface area contributed by atoms with Crippen molar-refractivity contribution in [1.82, 2.24) is 0 Å². The Kier molecular flexibility index (Phi) is 12.3. The van der Waals surface area contributed by atoms with Gasteiger partial charge in [0.25, 0.3) is 0 Å². The molecule has 0 unspecified atom stereocenters. The van der Waals surface area contributed by atoms with E-state index in [0.717, 1.165) is 44.6 Å². The van der Waals surface area contributed by atoms with Gasteiger partial charge in [-0.05, 0) is 12.8 Å². The summed E-state index contributed by atoms with van der Waals surface area (Å²) in [5, 5.41) is 0. The molecule has 0 aliphatic heterocycles. The Morgan fingerprint density at radius 1 is 0.885 bits per heavy atom. The zero-order valence-electron chi connectivity index (χ0n) is 14.6. The summed E-state index contributed by atoms with van der Waals surface area (Å²) in [7, 11) is 10.6. The molecule has 0 heterocycles. The Bertz CT molecular complexity index is 685. The van der Waals surface area contributed by atoms with Crippen molar-refractivity contribution in [3.8, 4) is 0 Å². The van der Waals surface area contributed by atoms with E-state index in [1.807, 2.05) is 24.3 Å². The molecule has 6 heteroatoms. The first kappa shape index (κ1) is 23.5. The summed E-state index contributed by atoms with van der Waals surface area (Å²) in [5.41, 5.74) is 4.33. The predicted octanol–water partition coefficient (Wildman–Crippen LogP) is 6.29. The molecule has 0 fully saturated rings. The van der Waals surface area contributed by atoms with Crippen LogP contribution in [-0.4, -0.2) is 9.52 Å². The van der Waals surface area contributed by atoms with Gasteiger partial charge in [0, 0.05) is 21.2 Å². The topological polar surface area (TPSA) is 0 Å². The Labute approximate surface area is 175 Å². The molecule has 0 atom stereocenters. The molecular weight excluding hydrogens is 468 g/mol. The van der Waals surface area contributed by atoms with E-state index < -0.39 is 20.8 Å². The molecule has 0 N–H and O–H groups in total. The van der Waals surface area contributed by atoms with Crippen LogP contribution in [0, 0.1) is 23.8 Å². The Morgan fingerprint density at radius 2 is 1.23 bits per heavy atom. The first-order valence-electron chi connectivity index (χ1n) is 7.99. The molecule has 135 valence electrons. The average Bonchev–Trinajstić information content (AvgIpc) is 3.24. The molecule has 2 aliphatic rings. The van der Waals surface area contributed by atoms with Gasteiger partial charge >= 0.3 is 37.9 Å². The summed E-state index contributed by atoms with van der Waals surface area (Å²) in [6.07, 6.45) is 9.76. The van der Waals surface area contributed by atoms with Crippen LogP contribution in [0.4, 0.5) is 8.78 Å². The van der Waals surface area contributed by atoms with E-state index >= 15 is 0 Å². The molecule has 26 heavy (non-hydrogen) atoms. The van der Waals surface area contributed by atoms with Gasteiger partial charge in [0.15, 0.2) is 0 Å². The van der Waals surface area contributed by atoms with E-state index in [4.69, 9.17) is 17.0 Å². The summed E-state index contributed by atoms with van der Waals surface area (Å²) < 4.78 is 25.0. The molecular formula is C20H19Cl2F2SiZr. The van der Waals surface area contributed by atoms with Crippen molar-refractivity contribution in [1.29, 1.82) is 0 Å². The second-order valence-electron chi connectivity index (χ2n) is 5.38. The van der Waals surface area contributed by atoms with Gasteiger partial charge < -0.3 is 0 Å². The average molecular weight is 488 g/mol. The minimum absolute atomic E-state index is 0.262. The number of halogens is 4. The Hall–Kier alpha value is -0.540. The van der Waals surface area contributed by atoms with E-state index in [9.17, 15) is 8.78 Å². The van der Waals surface area contributed by atoms with Crippen molar-refractivity contribution < 1.29 is 29.6 Å². The summed E-state index contributed by atoms with van der Waals surface area (Å²) in [6.45, 7) is 4.42. The molecule has 4 rings (SSSR count). The van der Waals surface area contributed by atoms with Crippen LogP contribution in [-0.2, 0) is 33.7 Å². The predicted molar refractivity (Wildman–Crippen MR) is 107 cm³/mol. The normalized spacial score (nSPS) is 11.6. The maximum atomic E-state index is 12.5. The monoisotopic (exact) mass is 485 g/mol. The summed E-state index contributed by atoms with van der Waals surface area (Å²) >= 11 is -0.826. The summed E-state index contributed by atoms with van der Waals surface area (Å²) in [6, 6.07) is 11.5. The quantitative estimate of drug-likeness (QED) is 0.303. The van der Waals surface area contributed by atoms with Gasteiger partial charge in [-0.25, -0.2) is 8.78 Å². The standard InChI is InChI=1S/2C9H6F.C2H7Si.2ClH.Zr/c2*10-9-5-4-7-2-1-3-8(7)6-9;1-3-2;;;/h2*1-2,4,6H,3H2;3H,1-2H3;2*1H;/q2*-1;;;;+4/p-2. The third-order valence-corrected chi connectivity index (χ3v) is 3.34. The fourth-order valence-electron chi connectivity index (χ4n) is 2.32. The van der Waals surface area contributed by atoms with Crippen LogP contribution in [0.25, 0.3) is 12.2 Å². The van der Waals surface area contributed by atoms with E-state index in [-0.39, 0.29) is 11.6 Å². The summed E-state index contributed by atoms with van der Waals surface area (Å²) in [4.78, 5) is 0. The molecule has 2 aromatic carbocycles. The molecule has 2 aromatic rings. The van der Waals surface area contributed by atoms with Crippen molar-refractivity contribution in [3.05, 3.63) is 82.4 Å². The molecule has 0 saturated heterocycles. The summed E-state index contributed by atoms with van der Waals surface area (Å²) in [5.74, 6) is -0.523. The number of hydrogen-bond donors (Lipinski definition) is 0. The molecule has 0 aromatic heterocycles. The van der Waals surface area contributed by atoms with Gasteiger partial charge in [0.2, 0.25) is 0 Å². The van der Waals surface area contributed by atoms with Crippen molar-refractivity contribution in [3.63, 3.8) is 0 Å². The minimum atomic E-state index is -0.826. The number of rotatable bonds is 0. The van der Waals surface area contributed by atoms with Crippen LogP contribution < -0.4 is 0 Å². The second-order valence-corrected chi connectivity index (χ2v) is 10.3. The van der Waals surface area contributed by atoms with Crippen molar-refractivity contribution in [2.24, 2.45) is 0 Å². The van der Waals surface area contributed by atoms with Crippen LogP contribution in [0.2, 0.25) is 13.1 Å². The third-order valence-electron chi connectivity index (χ3n) is 3.34. The Balaban J connectivity index is 0.000000201. The number of benzene rings is 2. The fraction of sp³-hybridized carbons (Fsp3) is 0.200. The zero-order valence-corrected chi connectivity index (χ0v) is 19.7. The van der Waals surface area contributed by atoms with E-state index in [0.29, 0.717) is 0 Å². The van der Waals surface area contributed by atoms with Gasteiger partial charge in [-0.15, -0.1) is 58.7 Å². The van der Waals surface area contributed by atoms with Crippen molar-refractivity contribution in [2.75, 3.05) is 0 Å². The number of fused-ring (bicyclic) bond motifs is 2. The van der Waals surface area contributed by atoms with Gasteiger partial charge in [-0.3, -0.25) is 0 Å². The molecule has 0 saturated carbocycles. The van der Waals surface area contributed by atoms with Crippen LogP contribution in [0.5, 0.6) is 0 Å². The van der Waals surface area contributed by atoms with Gasteiger partial charge in [-0.1, -0.05) is 25.2 Å². The van der Waals surface area contributed by atoms with E-state index in [1.165, 1.54) is 12.1 Å². The van der Waals surface area contributed by atoms with E-state index in [1.54, 1.807) is 12.1 Å². The van der Waals surface area contributed by atoms with Crippen LogP contribution >= 0.6 is 17.0 Å². The number of allylic oxidation sites excluding steroid dienone is 2.